The van der Waals surface area contributed by atoms with Crippen LogP contribution < -0.4 is 65.9 Å². The van der Waals surface area contributed by atoms with E-state index >= 15 is 0 Å². The van der Waals surface area contributed by atoms with Crippen molar-refractivity contribution < 1.29 is 57.8 Å². The van der Waals surface area contributed by atoms with Crippen LogP contribution in [0.3, 0.4) is 0 Å². The lowest BCUT2D eigenvalue weighted by Crippen LogP contribution is -2.60. The topological polar surface area (TPSA) is 441 Å². The van der Waals surface area contributed by atoms with Gasteiger partial charge in [0, 0.05) is 32.5 Å². The van der Waals surface area contributed by atoms with Crippen LogP contribution >= 0.6 is 0 Å². The Hall–Kier alpha value is -8.36. The summed E-state index contributed by atoms with van der Waals surface area (Å²) < 4.78 is 0. The van der Waals surface area contributed by atoms with Crippen molar-refractivity contribution >= 4 is 70.9 Å². The summed E-state index contributed by atoms with van der Waals surface area (Å²) in [5.41, 5.74) is 29.0. The molecule has 2 heterocycles. The van der Waals surface area contributed by atoms with Crippen LogP contribution in [0, 0.1) is 11.8 Å². The second-order valence-corrected chi connectivity index (χ2v) is 22.1. The highest BCUT2D eigenvalue weighted by atomic mass is 16.3. The number of hydrogen-bond donors (Lipinski definition) is 13. The molecule has 2 aromatic carbocycles. The Morgan fingerprint density at radius 2 is 1.02 bits per heavy atom. The Morgan fingerprint density at radius 3 is 1.57 bits per heavy atom. The van der Waals surface area contributed by atoms with Crippen LogP contribution in [0.1, 0.15) is 110 Å². The monoisotopic (exact) mass is 1160 g/mol. The van der Waals surface area contributed by atoms with Gasteiger partial charge in [-0.1, -0.05) is 70.2 Å². The molecule has 0 aromatic heterocycles. The van der Waals surface area contributed by atoms with Gasteiger partial charge in [0.05, 0.1) is 12.5 Å². The smallest absolute Gasteiger partial charge is 0.246 e. The van der Waals surface area contributed by atoms with E-state index in [0.717, 1.165) is 0 Å². The summed E-state index contributed by atoms with van der Waals surface area (Å²) in [5.74, 6) is -8.86. The highest BCUT2D eigenvalue weighted by molar-refractivity contribution is 5.99. The minimum Gasteiger partial charge on any atom is -0.508 e. The van der Waals surface area contributed by atoms with Gasteiger partial charge >= 0.3 is 0 Å². The maximum absolute atomic E-state index is 14.7. The zero-order valence-corrected chi connectivity index (χ0v) is 48.2. The molecule has 27 nitrogen and oxygen atoms in total. The van der Waals surface area contributed by atoms with Gasteiger partial charge in [0.15, 0.2) is 5.96 Å². The number of phenolic OH excluding ortho intramolecular Hbond substituents is 1. The number of aromatic hydroxyl groups is 1. The number of benzene rings is 2. The number of amides is 11. The maximum Gasteiger partial charge on any atom is 0.246 e. The minimum atomic E-state index is -1.58. The van der Waals surface area contributed by atoms with Crippen molar-refractivity contribution in [3.63, 3.8) is 0 Å². The fourth-order valence-electron chi connectivity index (χ4n) is 9.83. The number of hydrogen-bond acceptors (Lipinski definition) is 14. The highest BCUT2D eigenvalue weighted by Gasteiger charge is 2.41. The fraction of sp³-hybridized carbons (Fsp3) is 0.571. The van der Waals surface area contributed by atoms with Crippen LogP contribution in [0.2, 0.25) is 0 Å². The van der Waals surface area contributed by atoms with Gasteiger partial charge in [-0.15, -0.1) is 0 Å². The van der Waals surface area contributed by atoms with E-state index in [1.165, 1.54) is 35.8 Å². The van der Waals surface area contributed by atoms with E-state index in [-0.39, 0.29) is 94.5 Å². The lowest BCUT2D eigenvalue weighted by Gasteiger charge is -2.31. The molecule has 0 saturated carbocycles. The molecule has 2 saturated heterocycles. The highest BCUT2D eigenvalue weighted by Crippen LogP contribution is 2.22. The van der Waals surface area contributed by atoms with E-state index in [0.29, 0.717) is 24.0 Å². The second kappa shape index (κ2) is 32.3. The summed E-state index contributed by atoms with van der Waals surface area (Å²) in [6.45, 7) is 10.6. The van der Waals surface area contributed by atoms with Gasteiger partial charge in [-0.25, -0.2) is 0 Å². The molecule has 2 aliphatic heterocycles. The Balaban J connectivity index is 1.55. The third-order valence-corrected chi connectivity index (χ3v) is 14.0. The van der Waals surface area contributed by atoms with Gasteiger partial charge in [-0.05, 0) is 100 Å². The molecule has 83 heavy (non-hydrogen) atoms. The second-order valence-electron chi connectivity index (χ2n) is 22.1. The first-order valence-corrected chi connectivity index (χ1v) is 28.1. The van der Waals surface area contributed by atoms with Crippen LogP contribution in [0.15, 0.2) is 59.6 Å². The van der Waals surface area contributed by atoms with Crippen molar-refractivity contribution in [3.8, 4) is 5.75 Å². The summed E-state index contributed by atoms with van der Waals surface area (Å²) in [6, 6.07) is 2.22. The quantitative estimate of drug-likeness (QED) is 0.0210. The number of primary amides is 2. The molecule has 0 spiro atoms. The zero-order chi connectivity index (χ0) is 61.7. The lowest BCUT2D eigenvalue weighted by atomic mass is 10.00. The Morgan fingerprint density at radius 1 is 0.554 bits per heavy atom. The largest absolute Gasteiger partial charge is 0.508 e. The molecule has 2 fully saturated rings. The number of likely N-dealkylation sites (tertiary alicyclic amines) is 2. The number of rotatable bonds is 31. The molecule has 2 aromatic rings. The van der Waals surface area contributed by atoms with Crippen LogP contribution in [0.4, 0.5) is 0 Å². The third-order valence-electron chi connectivity index (χ3n) is 14.0. The van der Waals surface area contributed by atoms with Crippen molar-refractivity contribution in [1.82, 2.24) is 47.0 Å². The number of phenols is 1. The maximum atomic E-state index is 14.7. The summed E-state index contributed by atoms with van der Waals surface area (Å²) in [7, 11) is 0. The molecule has 0 bridgehead atoms. The van der Waals surface area contributed by atoms with Crippen molar-refractivity contribution in [2.24, 2.45) is 45.5 Å². The number of guanidine groups is 1. The number of nitrogens with one attached hydrogen (secondary N) is 7. The van der Waals surface area contributed by atoms with E-state index < -0.39 is 132 Å². The van der Waals surface area contributed by atoms with Crippen molar-refractivity contribution in [2.45, 2.75) is 173 Å². The van der Waals surface area contributed by atoms with Crippen molar-refractivity contribution in [3.05, 3.63) is 65.7 Å². The minimum absolute atomic E-state index is 0.0188. The van der Waals surface area contributed by atoms with E-state index in [9.17, 15) is 57.8 Å². The van der Waals surface area contributed by atoms with E-state index in [1.807, 2.05) is 13.8 Å². The number of carbonyl (C=O) groups excluding carboxylic acids is 11. The van der Waals surface area contributed by atoms with Crippen LogP contribution in [0.5, 0.6) is 5.75 Å². The number of aliphatic imine (C=N–C) groups is 1. The fourth-order valence-corrected chi connectivity index (χ4v) is 9.83. The molecule has 456 valence electrons. The first-order valence-electron chi connectivity index (χ1n) is 28.1. The van der Waals surface area contributed by atoms with Crippen LogP contribution in [0.25, 0.3) is 0 Å². The van der Waals surface area contributed by atoms with E-state index in [4.69, 9.17) is 28.7 Å². The summed E-state index contributed by atoms with van der Waals surface area (Å²) in [4.78, 5) is 157. The summed E-state index contributed by atoms with van der Waals surface area (Å²) >= 11 is 0. The van der Waals surface area contributed by atoms with Gasteiger partial charge in [0.2, 0.25) is 65.0 Å². The molecule has 18 N–H and O–H groups in total. The lowest BCUT2D eigenvalue weighted by molar-refractivity contribution is -0.142. The van der Waals surface area contributed by atoms with E-state index in [2.05, 4.69) is 42.2 Å². The molecule has 10 atom stereocenters. The summed E-state index contributed by atoms with van der Waals surface area (Å²) in [6.07, 6.45) is 0.952. The van der Waals surface area contributed by atoms with Crippen LogP contribution in [-0.4, -0.2) is 166 Å². The summed E-state index contributed by atoms with van der Waals surface area (Å²) in [5, 5.41) is 28.6. The molecular formula is C56H85N15O12. The third kappa shape index (κ3) is 21.5. The molecule has 10 unspecified atom stereocenters. The molecular weight excluding hydrogens is 1070 g/mol. The first kappa shape index (κ1) is 67.1. The molecule has 27 heteroatoms. The normalized spacial score (nSPS) is 17.7. The molecule has 0 radical (unpaired) electrons. The standard InChI is InChI=1S/C56H85N15O12/c1-30(2)25-38(46(59)74)65-48(76)37(15-10-22-62-56(60)61)64-52(80)44-17-12-24-71(44)55(83)42(28-35-18-20-36(72)21-19-35)69-47(75)33(6)63-49(77)39(26-31(3)4)66-50(78)40(27-34-13-8-7-9-14-34)67-51(79)41(29-45(58)73)68-53(81)43-16-11-23-70(43)54(82)32(5)57/h7-9,13-14,18-21,30-33,37-44,72H,10-12,15-17,22-29,57H2,1-6H3,(H2,58,73)(H2,59,74)(H,63,77)(H,64,80)(H,65,76)(H,66,78)(H,67,79)(H,68,81)(H,69,75)(H4,60,61,62). The van der Waals surface area contributed by atoms with E-state index in [1.54, 1.807) is 56.3 Å². The molecule has 0 aliphatic carbocycles. The van der Waals surface area contributed by atoms with Gasteiger partial charge < -0.3 is 80.8 Å². The Kier molecular flexibility index (Phi) is 26.2. The SMILES string of the molecule is CC(C)CC(NC(=O)C(CCCN=C(N)N)NC(=O)C1CCCN1C(=O)C(Cc1ccc(O)cc1)NC(=O)C(C)NC(=O)C(CC(C)C)NC(=O)C(Cc1ccccc1)NC(=O)C(CC(N)=O)NC(=O)C1CCCN1C(=O)C(C)N)C(N)=O. The van der Waals surface area contributed by atoms with Gasteiger partial charge in [0.25, 0.3) is 0 Å². The Labute approximate surface area is 483 Å². The average molecular weight is 1160 g/mol. The van der Waals surface area contributed by atoms with Gasteiger partial charge in [0.1, 0.15) is 60.1 Å². The zero-order valence-electron chi connectivity index (χ0n) is 48.2. The number of nitrogens with two attached hydrogens (primary N) is 5. The number of carbonyl (C=O) groups is 11. The Bertz CT molecular complexity index is 2630. The first-order chi connectivity index (χ1) is 39.1. The van der Waals surface area contributed by atoms with Gasteiger partial charge in [-0.2, -0.15) is 0 Å². The predicted molar refractivity (Wildman–Crippen MR) is 306 cm³/mol. The van der Waals surface area contributed by atoms with Crippen molar-refractivity contribution in [1.29, 1.82) is 0 Å². The van der Waals surface area contributed by atoms with Crippen LogP contribution in [-0.2, 0) is 65.6 Å². The van der Waals surface area contributed by atoms with Crippen molar-refractivity contribution in [2.75, 3.05) is 19.6 Å². The average Bonchev–Trinajstić information content (AvgIpc) is 4.16. The molecule has 4 rings (SSSR count). The predicted octanol–water partition coefficient (Wildman–Crippen LogP) is -2.57. The number of nitrogens with zero attached hydrogens (tertiary/aromatic N) is 3. The molecule has 11 amide bonds. The van der Waals surface area contributed by atoms with Gasteiger partial charge in [-0.3, -0.25) is 57.7 Å². The molecule has 2 aliphatic rings.